The molecule has 37 heavy (non-hydrogen) atoms. The number of anilines is 1. The van der Waals surface area contributed by atoms with E-state index in [9.17, 15) is 18.7 Å². The van der Waals surface area contributed by atoms with Gasteiger partial charge in [0, 0.05) is 65.0 Å². The van der Waals surface area contributed by atoms with Gasteiger partial charge in [0.1, 0.15) is 11.6 Å². The van der Waals surface area contributed by atoms with E-state index in [0.29, 0.717) is 30.2 Å². The van der Waals surface area contributed by atoms with Gasteiger partial charge in [-0.1, -0.05) is 23.2 Å². The molecule has 0 radical (unpaired) electrons. The molecule has 0 saturated carbocycles. The molecule has 3 heterocycles. The molecule has 3 aliphatic heterocycles. The molecular formula is C28H31Cl2F2N3O2. The lowest BCUT2D eigenvalue weighted by Gasteiger charge is -2.41. The summed E-state index contributed by atoms with van der Waals surface area (Å²) in [6.45, 7) is 4.35. The van der Waals surface area contributed by atoms with Crippen molar-refractivity contribution in [2.24, 2.45) is 5.92 Å². The number of piperidine rings is 2. The van der Waals surface area contributed by atoms with Crippen LogP contribution in [0.25, 0.3) is 6.08 Å². The summed E-state index contributed by atoms with van der Waals surface area (Å²) in [6.07, 6.45) is 5.71. The zero-order chi connectivity index (χ0) is 26.2. The zero-order valence-corrected chi connectivity index (χ0v) is 22.0. The number of rotatable bonds is 5. The van der Waals surface area contributed by atoms with Crippen molar-refractivity contribution in [1.29, 1.82) is 0 Å². The molecule has 1 amide bonds. The molecule has 1 spiro atoms. The highest BCUT2D eigenvalue weighted by Crippen LogP contribution is 2.48. The molecule has 9 heteroatoms. The van der Waals surface area contributed by atoms with Gasteiger partial charge in [-0.15, -0.1) is 0 Å². The third-order valence-electron chi connectivity index (χ3n) is 8.16. The number of β-amino-alcohol motifs (C(OH)–C–C–N with tert-alkyl or cyclic N) is 1. The molecule has 3 aliphatic rings. The Bertz CT molecular complexity index is 1170. The molecule has 2 saturated heterocycles. The lowest BCUT2D eigenvalue weighted by atomic mass is 9.74. The highest BCUT2D eigenvalue weighted by atomic mass is 35.5. The van der Waals surface area contributed by atoms with Crippen LogP contribution in [0, 0.1) is 17.6 Å². The number of aliphatic hydroxyl groups is 1. The van der Waals surface area contributed by atoms with E-state index in [2.05, 4.69) is 10.2 Å². The fourth-order valence-corrected chi connectivity index (χ4v) is 6.75. The van der Waals surface area contributed by atoms with E-state index < -0.39 is 17.7 Å². The van der Waals surface area contributed by atoms with Gasteiger partial charge < -0.3 is 20.2 Å². The van der Waals surface area contributed by atoms with Crippen LogP contribution in [0.1, 0.15) is 36.8 Å². The van der Waals surface area contributed by atoms with Gasteiger partial charge in [0.15, 0.2) is 0 Å². The van der Waals surface area contributed by atoms with Crippen molar-refractivity contribution in [3.8, 4) is 0 Å². The minimum Gasteiger partial charge on any atom is -0.392 e. The topological polar surface area (TPSA) is 55.8 Å². The van der Waals surface area contributed by atoms with Crippen LogP contribution in [-0.4, -0.2) is 66.2 Å². The number of carbonyl (C=O) groups is 1. The molecule has 2 aromatic carbocycles. The summed E-state index contributed by atoms with van der Waals surface area (Å²) in [6, 6.07) is 6.94. The molecule has 0 bridgehead atoms. The molecule has 0 aromatic heterocycles. The summed E-state index contributed by atoms with van der Waals surface area (Å²) in [5.74, 6) is -1.41. The van der Waals surface area contributed by atoms with Crippen molar-refractivity contribution in [1.82, 2.24) is 9.80 Å². The van der Waals surface area contributed by atoms with E-state index in [1.54, 1.807) is 4.90 Å². The first-order valence-electron chi connectivity index (χ1n) is 12.8. The Hall–Kier alpha value is -2.19. The highest BCUT2D eigenvalue weighted by molar-refractivity contribution is 6.35. The zero-order valence-electron chi connectivity index (χ0n) is 20.5. The first-order chi connectivity index (χ1) is 17.7. The summed E-state index contributed by atoms with van der Waals surface area (Å²) in [7, 11) is 0. The molecule has 5 rings (SSSR count). The lowest BCUT2D eigenvalue weighted by Crippen LogP contribution is -2.48. The van der Waals surface area contributed by atoms with Crippen molar-refractivity contribution in [3.05, 3.63) is 69.2 Å². The average molecular weight is 550 g/mol. The monoisotopic (exact) mass is 549 g/mol. The maximum absolute atomic E-state index is 13.4. The fourth-order valence-electron chi connectivity index (χ4n) is 6.06. The van der Waals surface area contributed by atoms with Gasteiger partial charge in [0.05, 0.1) is 6.10 Å². The third kappa shape index (κ3) is 5.80. The number of amides is 1. The van der Waals surface area contributed by atoms with Crippen molar-refractivity contribution in [2.75, 3.05) is 44.6 Å². The van der Waals surface area contributed by atoms with Crippen LogP contribution in [0.5, 0.6) is 0 Å². The van der Waals surface area contributed by atoms with Crippen LogP contribution in [0.4, 0.5) is 14.5 Å². The molecule has 2 fully saturated rings. The van der Waals surface area contributed by atoms with Crippen molar-refractivity contribution >= 4 is 40.9 Å². The Morgan fingerprint density at radius 2 is 1.76 bits per heavy atom. The predicted molar refractivity (Wildman–Crippen MR) is 143 cm³/mol. The van der Waals surface area contributed by atoms with E-state index in [1.807, 2.05) is 12.1 Å². The predicted octanol–water partition coefficient (Wildman–Crippen LogP) is 5.34. The van der Waals surface area contributed by atoms with E-state index in [4.69, 9.17) is 23.2 Å². The minimum atomic E-state index is -0.677. The first kappa shape index (κ1) is 26.4. The van der Waals surface area contributed by atoms with Crippen LogP contribution in [-0.2, 0) is 10.2 Å². The Morgan fingerprint density at radius 1 is 1.08 bits per heavy atom. The highest BCUT2D eigenvalue weighted by Gasteiger charge is 2.43. The molecule has 198 valence electrons. The van der Waals surface area contributed by atoms with Crippen LogP contribution in [0.15, 0.2) is 36.4 Å². The van der Waals surface area contributed by atoms with Gasteiger partial charge in [-0.25, -0.2) is 8.78 Å². The summed E-state index contributed by atoms with van der Waals surface area (Å²) in [5.41, 5.74) is 2.52. The number of fused-ring (bicyclic) bond motifs is 2. The number of carbonyl (C=O) groups excluding carboxylic acids is 1. The first-order valence-corrected chi connectivity index (χ1v) is 13.5. The van der Waals surface area contributed by atoms with Gasteiger partial charge in [0.25, 0.3) is 0 Å². The normalized spacial score (nSPS) is 20.8. The Kier molecular flexibility index (Phi) is 7.78. The minimum absolute atomic E-state index is 0.00889. The Labute approximate surface area is 226 Å². The standard InChI is InChI=1S/C28H31Cl2F2N3O2/c29-20-13-23(30)27-24(14-20)33-17-28(27)5-9-34(10-6-28)16-25(36)19-3-7-35(8-4-19)26(37)2-1-18-11-21(31)15-22(32)12-18/h1-2,11-15,19,25,33,36H,3-10,16-17H2/b2-1+. The van der Waals surface area contributed by atoms with E-state index in [-0.39, 0.29) is 17.2 Å². The van der Waals surface area contributed by atoms with Gasteiger partial charge >= 0.3 is 0 Å². The van der Waals surface area contributed by atoms with Crippen molar-refractivity contribution < 1.29 is 18.7 Å². The molecular weight excluding hydrogens is 519 g/mol. The maximum Gasteiger partial charge on any atom is 0.246 e. The van der Waals surface area contributed by atoms with Crippen LogP contribution in [0.2, 0.25) is 10.0 Å². The number of likely N-dealkylation sites (tertiary alicyclic amines) is 2. The number of nitrogens with zero attached hydrogens (tertiary/aromatic N) is 2. The number of hydrogen-bond donors (Lipinski definition) is 2. The number of benzene rings is 2. The van der Waals surface area contributed by atoms with Crippen molar-refractivity contribution in [3.63, 3.8) is 0 Å². The van der Waals surface area contributed by atoms with E-state index >= 15 is 0 Å². The van der Waals surface area contributed by atoms with Gasteiger partial charge in [-0.2, -0.15) is 0 Å². The number of hydrogen-bond acceptors (Lipinski definition) is 4. The van der Waals surface area contributed by atoms with Crippen LogP contribution in [0.3, 0.4) is 0 Å². The second-order valence-electron chi connectivity index (χ2n) is 10.5. The van der Waals surface area contributed by atoms with Gasteiger partial charge in [-0.05, 0) is 80.6 Å². The van der Waals surface area contributed by atoms with E-state index in [1.165, 1.54) is 29.8 Å². The van der Waals surface area contributed by atoms with E-state index in [0.717, 1.165) is 62.1 Å². The second-order valence-corrected chi connectivity index (χ2v) is 11.4. The molecule has 2 N–H and O–H groups in total. The average Bonchev–Trinajstić information content (AvgIpc) is 3.21. The smallest absolute Gasteiger partial charge is 0.246 e. The van der Waals surface area contributed by atoms with Gasteiger partial charge in [0.2, 0.25) is 5.91 Å². The number of nitrogens with one attached hydrogen (secondary N) is 1. The molecule has 1 unspecified atom stereocenters. The SMILES string of the molecule is O=C(/C=C/c1cc(F)cc(F)c1)N1CCC(C(O)CN2CCC3(CC2)CNc2cc(Cl)cc(Cl)c23)CC1. The van der Waals surface area contributed by atoms with Crippen molar-refractivity contribution in [2.45, 2.75) is 37.2 Å². The summed E-state index contributed by atoms with van der Waals surface area (Å²) < 4.78 is 26.7. The lowest BCUT2D eigenvalue weighted by molar-refractivity contribution is -0.128. The summed E-state index contributed by atoms with van der Waals surface area (Å²) >= 11 is 12.8. The Morgan fingerprint density at radius 3 is 2.43 bits per heavy atom. The van der Waals surface area contributed by atoms with Crippen LogP contribution >= 0.6 is 23.2 Å². The third-order valence-corrected chi connectivity index (χ3v) is 8.68. The van der Waals surface area contributed by atoms with Crippen LogP contribution < -0.4 is 5.32 Å². The molecule has 1 atom stereocenters. The summed E-state index contributed by atoms with van der Waals surface area (Å²) in [5, 5.41) is 15.8. The molecule has 5 nitrogen and oxygen atoms in total. The fraction of sp³-hybridized carbons (Fsp3) is 0.464. The number of halogens is 4. The number of aliphatic hydroxyl groups excluding tert-OH is 1. The Balaban J connectivity index is 1.09. The maximum atomic E-state index is 13.4. The summed E-state index contributed by atoms with van der Waals surface area (Å²) in [4.78, 5) is 16.6. The second kappa shape index (κ2) is 10.9. The largest absolute Gasteiger partial charge is 0.392 e. The molecule has 2 aromatic rings. The van der Waals surface area contributed by atoms with Gasteiger partial charge in [-0.3, -0.25) is 4.79 Å². The quantitative estimate of drug-likeness (QED) is 0.494. The molecule has 0 aliphatic carbocycles.